The van der Waals surface area contributed by atoms with E-state index in [0.717, 1.165) is 16.5 Å². The van der Waals surface area contributed by atoms with Crippen molar-refractivity contribution in [3.63, 3.8) is 0 Å². The van der Waals surface area contributed by atoms with Gasteiger partial charge >= 0.3 is 0 Å². The predicted octanol–water partition coefficient (Wildman–Crippen LogP) is 3.80. The summed E-state index contributed by atoms with van der Waals surface area (Å²) in [6, 6.07) is 15.5. The third kappa shape index (κ3) is 2.11. The molecule has 0 bridgehead atoms. The summed E-state index contributed by atoms with van der Waals surface area (Å²) in [7, 11) is 0. The maximum Gasteiger partial charge on any atom is 0.0998 e. The average Bonchev–Trinajstić information content (AvgIpc) is 2.86. The summed E-state index contributed by atoms with van der Waals surface area (Å²) in [4.78, 5) is 0. The van der Waals surface area contributed by atoms with Crippen LogP contribution in [0, 0.1) is 11.3 Å². The number of halogens is 1. The van der Waals surface area contributed by atoms with Gasteiger partial charge in [-0.3, -0.25) is 0 Å². The van der Waals surface area contributed by atoms with Crippen LogP contribution in [0.2, 0.25) is 5.02 Å². The molecule has 2 aromatic carbocycles. The molecule has 1 heterocycles. The van der Waals surface area contributed by atoms with Crippen LogP contribution in [0.5, 0.6) is 0 Å². The first kappa shape index (κ1) is 12.6. The van der Waals surface area contributed by atoms with Gasteiger partial charge in [-0.25, -0.2) is 0 Å². The van der Waals surface area contributed by atoms with Gasteiger partial charge in [0.05, 0.1) is 22.3 Å². The number of hydrogen-bond donors (Lipinski definition) is 1. The van der Waals surface area contributed by atoms with E-state index in [2.05, 4.69) is 10.6 Å². The summed E-state index contributed by atoms with van der Waals surface area (Å²) in [5.74, 6) is 0. The number of rotatable bonds is 2. The number of hydrogen-bond acceptors (Lipinski definition) is 2. The second kappa shape index (κ2) is 4.92. The van der Waals surface area contributed by atoms with Crippen molar-refractivity contribution in [1.29, 1.82) is 5.26 Å². The molecule has 3 aromatic rings. The Balaban J connectivity index is 2.03. The molecule has 0 fully saturated rings. The number of benzene rings is 2. The maximum absolute atomic E-state index is 9.11. The fourth-order valence-corrected chi connectivity index (χ4v) is 2.46. The zero-order valence-corrected chi connectivity index (χ0v) is 11.4. The number of nitrogens with zero attached hydrogens (tertiary/aromatic N) is 2. The van der Waals surface area contributed by atoms with Gasteiger partial charge in [0.1, 0.15) is 0 Å². The molecular formula is C16H12ClN3. The van der Waals surface area contributed by atoms with E-state index in [9.17, 15) is 0 Å². The lowest BCUT2D eigenvalue weighted by atomic mass is 10.1. The van der Waals surface area contributed by atoms with E-state index in [4.69, 9.17) is 22.6 Å². The molecule has 0 radical (unpaired) electrons. The van der Waals surface area contributed by atoms with Gasteiger partial charge in [-0.15, -0.1) is 0 Å². The lowest BCUT2D eigenvalue weighted by Gasteiger charge is -2.07. The van der Waals surface area contributed by atoms with Gasteiger partial charge in [-0.05, 0) is 35.9 Å². The van der Waals surface area contributed by atoms with Gasteiger partial charge in [-0.2, -0.15) is 5.26 Å². The Morgan fingerprint density at radius 1 is 1.20 bits per heavy atom. The Kier molecular flexibility index (Phi) is 3.09. The van der Waals surface area contributed by atoms with E-state index in [0.29, 0.717) is 22.8 Å². The lowest BCUT2D eigenvalue weighted by Crippen LogP contribution is -1.99. The van der Waals surface area contributed by atoms with Crippen LogP contribution in [0.25, 0.3) is 10.9 Å². The predicted molar refractivity (Wildman–Crippen MR) is 81.6 cm³/mol. The molecule has 98 valence electrons. The third-order valence-electron chi connectivity index (χ3n) is 3.35. The number of anilines is 1. The fourth-order valence-electron chi connectivity index (χ4n) is 2.35. The second-order valence-corrected chi connectivity index (χ2v) is 5.06. The van der Waals surface area contributed by atoms with E-state index < -0.39 is 0 Å². The van der Waals surface area contributed by atoms with E-state index >= 15 is 0 Å². The van der Waals surface area contributed by atoms with Gasteiger partial charge in [0.15, 0.2) is 0 Å². The number of aromatic nitrogens is 1. The molecule has 0 atom stereocenters. The van der Waals surface area contributed by atoms with Gasteiger partial charge in [-0.1, -0.05) is 23.7 Å². The van der Waals surface area contributed by atoms with Crippen molar-refractivity contribution < 1.29 is 0 Å². The van der Waals surface area contributed by atoms with Crippen LogP contribution in [0.4, 0.5) is 5.69 Å². The SMILES string of the molecule is N#Cc1cccc2c1ccn2Cc1ccc(Cl)c(N)c1. The first-order chi connectivity index (χ1) is 9.69. The van der Waals surface area contributed by atoms with Gasteiger partial charge in [0.2, 0.25) is 0 Å². The highest BCUT2D eigenvalue weighted by atomic mass is 35.5. The van der Waals surface area contributed by atoms with Gasteiger partial charge < -0.3 is 10.3 Å². The molecule has 3 nitrogen and oxygen atoms in total. The number of fused-ring (bicyclic) bond motifs is 1. The van der Waals surface area contributed by atoms with Crippen molar-refractivity contribution in [2.75, 3.05) is 5.73 Å². The molecule has 0 amide bonds. The standard InChI is InChI=1S/C16H12ClN3/c17-14-5-4-11(8-15(14)19)10-20-7-6-13-12(9-18)2-1-3-16(13)20/h1-8H,10,19H2. The topological polar surface area (TPSA) is 54.7 Å². The minimum atomic E-state index is 0.567. The average molecular weight is 282 g/mol. The van der Waals surface area contributed by atoms with Crippen molar-refractivity contribution >= 4 is 28.2 Å². The molecule has 0 saturated heterocycles. The molecule has 20 heavy (non-hydrogen) atoms. The molecule has 3 rings (SSSR count). The smallest absolute Gasteiger partial charge is 0.0998 e. The fraction of sp³-hybridized carbons (Fsp3) is 0.0625. The van der Waals surface area contributed by atoms with Crippen molar-refractivity contribution in [2.24, 2.45) is 0 Å². The summed E-state index contributed by atoms with van der Waals surface area (Å²) < 4.78 is 2.10. The van der Waals surface area contributed by atoms with Crippen molar-refractivity contribution in [2.45, 2.75) is 6.54 Å². The maximum atomic E-state index is 9.11. The normalized spacial score (nSPS) is 10.6. The third-order valence-corrected chi connectivity index (χ3v) is 3.69. The quantitative estimate of drug-likeness (QED) is 0.727. The zero-order chi connectivity index (χ0) is 14.1. The van der Waals surface area contributed by atoms with Crippen molar-refractivity contribution in [1.82, 2.24) is 4.57 Å². The minimum Gasteiger partial charge on any atom is -0.398 e. The molecule has 1 aromatic heterocycles. The second-order valence-electron chi connectivity index (χ2n) is 4.65. The molecule has 0 saturated carbocycles. The monoisotopic (exact) mass is 281 g/mol. The van der Waals surface area contributed by atoms with E-state index in [1.807, 2.05) is 42.6 Å². The van der Waals surface area contributed by atoms with Gasteiger partial charge in [0, 0.05) is 23.6 Å². The van der Waals surface area contributed by atoms with Crippen LogP contribution < -0.4 is 5.73 Å². The highest BCUT2D eigenvalue weighted by molar-refractivity contribution is 6.33. The Morgan fingerprint density at radius 2 is 2.05 bits per heavy atom. The van der Waals surface area contributed by atoms with Crippen LogP contribution in [-0.2, 0) is 6.54 Å². The largest absolute Gasteiger partial charge is 0.398 e. The summed E-state index contributed by atoms with van der Waals surface area (Å²) in [6.45, 7) is 0.694. The lowest BCUT2D eigenvalue weighted by molar-refractivity contribution is 0.837. The van der Waals surface area contributed by atoms with E-state index in [1.165, 1.54) is 0 Å². The Labute approximate surface area is 121 Å². The number of nitriles is 1. The Bertz CT molecular complexity index is 827. The van der Waals surface area contributed by atoms with E-state index in [-0.39, 0.29) is 0 Å². The number of nitrogen functional groups attached to an aromatic ring is 1. The summed E-state index contributed by atoms with van der Waals surface area (Å²) in [6.07, 6.45) is 1.98. The van der Waals surface area contributed by atoms with Crippen LogP contribution in [0.15, 0.2) is 48.7 Å². The van der Waals surface area contributed by atoms with Crippen LogP contribution in [-0.4, -0.2) is 4.57 Å². The van der Waals surface area contributed by atoms with E-state index in [1.54, 1.807) is 6.07 Å². The first-order valence-corrected chi connectivity index (χ1v) is 6.58. The molecule has 2 N–H and O–H groups in total. The summed E-state index contributed by atoms with van der Waals surface area (Å²) in [5, 5.41) is 10.6. The molecule has 4 heteroatoms. The highest BCUT2D eigenvalue weighted by Crippen LogP contribution is 2.23. The molecule has 0 aliphatic heterocycles. The molecule has 0 spiro atoms. The molecule has 0 aliphatic carbocycles. The van der Waals surface area contributed by atoms with Gasteiger partial charge in [0.25, 0.3) is 0 Å². The Hall–Kier alpha value is -2.44. The first-order valence-electron chi connectivity index (χ1n) is 6.21. The van der Waals surface area contributed by atoms with Crippen LogP contribution in [0.1, 0.15) is 11.1 Å². The molecule has 0 unspecified atom stereocenters. The highest BCUT2D eigenvalue weighted by Gasteiger charge is 2.06. The van der Waals surface area contributed by atoms with Crippen LogP contribution >= 0.6 is 11.6 Å². The molecular weight excluding hydrogens is 270 g/mol. The van der Waals surface area contributed by atoms with Crippen molar-refractivity contribution in [3.05, 3.63) is 64.8 Å². The summed E-state index contributed by atoms with van der Waals surface area (Å²) in [5.41, 5.74) is 9.21. The summed E-state index contributed by atoms with van der Waals surface area (Å²) >= 11 is 5.93. The van der Waals surface area contributed by atoms with Crippen LogP contribution in [0.3, 0.4) is 0 Å². The zero-order valence-electron chi connectivity index (χ0n) is 10.7. The minimum absolute atomic E-state index is 0.567. The number of nitrogens with two attached hydrogens (primary N) is 1. The van der Waals surface area contributed by atoms with Crippen molar-refractivity contribution in [3.8, 4) is 6.07 Å². The molecule has 0 aliphatic rings. The Morgan fingerprint density at radius 3 is 2.80 bits per heavy atom.